The van der Waals surface area contributed by atoms with Gasteiger partial charge >= 0.3 is 5.97 Å². The molecule has 2 aromatic rings. The number of thiophene rings is 1. The van der Waals surface area contributed by atoms with Gasteiger partial charge in [-0.1, -0.05) is 0 Å². The smallest absolute Gasteiger partial charge is 0.348 e. The molecule has 0 N–H and O–H groups in total. The number of hydrogen-bond donors (Lipinski definition) is 0. The van der Waals surface area contributed by atoms with Crippen molar-refractivity contribution < 1.29 is 9.53 Å². The first-order chi connectivity index (χ1) is 11.5. The third kappa shape index (κ3) is 3.10. The van der Waals surface area contributed by atoms with Crippen LogP contribution in [0.15, 0.2) is 6.33 Å². The molecule has 1 fully saturated rings. The van der Waals surface area contributed by atoms with Crippen molar-refractivity contribution in [3.63, 3.8) is 0 Å². The molecule has 1 unspecified atom stereocenters. The van der Waals surface area contributed by atoms with Gasteiger partial charge in [0.2, 0.25) is 0 Å². The lowest BCUT2D eigenvalue weighted by Crippen LogP contribution is -2.45. The number of rotatable bonds is 4. The Balaban J connectivity index is 2.01. The molecule has 0 aliphatic carbocycles. The summed E-state index contributed by atoms with van der Waals surface area (Å²) in [6, 6.07) is 0.521. The summed E-state index contributed by atoms with van der Waals surface area (Å²) in [4.78, 5) is 27.2. The number of likely N-dealkylation sites (N-methyl/N-ethyl adjacent to an activating group) is 1. The summed E-state index contributed by atoms with van der Waals surface area (Å²) in [5.41, 5.74) is 0.927. The van der Waals surface area contributed by atoms with Crippen molar-refractivity contribution in [2.75, 3.05) is 38.7 Å². The number of carbonyl (C=O) groups excluding carboxylic acids is 1. The van der Waals surface area contributed by atoms with Crippen molar-refractivity contribution in [1.82, 2.24) is 14.9 Å². The maximum atomic E-state index is 12.2. The van der Waals surface area contributed by atoms with Gasteiger partial charge in [0.05, 0.1) is 12.0 Å². The SMILES string of the molecule is CCOC(=O)c1sc2ncnc(N3CCCC(N(C)C)C3)c2c1C. The highest BCUT2D eigenvalue weighted by atomic mass is 32.1. The molecule has 1 saturated heterocycles. The molecule has 24 heavy (non-hydrogen) atoms. The van der Waals surface area contributed by atoms with Crippen molar-refractivity contribution in [2.24, 2.45) is 0 Å². The van der Waals surface area contributed by atoms with Crippen molar-refractivity contribution >= 4 is 33.3 Å². The molecule has 0 aromatic carbocycles. The number of aromatic nitrogens is 2. The molecule has 2 aromatic heterocycles. The average Bonchev–Trinajstić information content (AvgIpc) is 2.92. The van der Waals surface area contributed by atoms with E-state index >= 15 is 0 Å². The Labute approximate surface area is 146 Å². The lowest BCUT2D eigenvalue weighted by molar-refractivity contribution is 0.0531. The van der Waals surface area contributed by atoms with Crippen LogP contribution >= 0.6 is 11.3 Å². The van der Waals surface area contributed by atoms with Gasteiger partial charge in [0, 0.05) is 19.1 Å². The molecule has 0 spiro atoms. The second-order valence-corrected chi connectivity index (χ2v) is 7.36. The standard InChI is InChI=1S/C17H24N4O2S/c1-5-23-17(22)14-11(2)13-15(18-10-19-16(13)24-14)21-8-6-7-12(9-21)20(3)4/h10,12H,5-9H2,1-4H3. The van der Waals surface area contributed by atoms with E-state index in [1.165, 1.54) is 17.8 Å². The van der Waals surface area contributed by atoms with E-state index in [0.29, 0.717) is 17.5 Å². The summed E-state index contributed by atoms with van der Waals surface area (Å²) < 4.78 is 5.18. The van der Waals surface area contributed by atoms with Crippen LogP contribution in [0.2, 0.25) is 0 Å². The Morgan fingerprint density at radius 2 is 2.25 bits per heavy atom. The Morgan fingerprint density at radius 3 is 2.96 bits per heavy atom. The van der Waals surface area contributed by atoms with Gasteiger partial charge in [-0.2, -0.15) is 0 Å². The second kappa shape index (κ2) is 7.03. The zero-order chi connectivity index (χ0) is 17.3. The number of esters is 1. The quantitative estimate of drug-likeness (QED) is 0.792. The van der Waals surface area contributed by atoms with Crippen LogP contribution in [0.5, 0.6) is 0 Å². The van der Waals surface area contributed by atoms with E-state index < -0.39 is 0 Å². The Morgan fingerprint density at radius 1 is 1.46 bits per heavy atom. The van der Waals surface area contributed by atoms with Crippen molar-refractivity contribution in [2.45, 2.75) is 32.7 Å². The van der Waals surface area contributed by atoms with E-state index in [9.17, 15) is 4.79 Å². The maximum absolute atomic E-state index is 12.2. The van der Waals surface area contributed by atoms with Crippen LogP contribution in [0.4, 0.5) is 5.82 Å². The third-order valence-electron chi connectivity index (χ3n) is 4.59. The van der Waals surface area contributed by atoms with Crippen LogP contribution in [0.1, 0.15) is 35.0 Å². The number of piperidine rings is 1. The van der Waals surface area contributed by atoms with Crippen LogP contribution in [0.25, 0.3) is 10.2 Å². The van der Waals surface area contributed by atoms with E-state index in [1.54, 1.807) is 6.33 Å². The highest BCUT2D eigenvalue weighted by molar-refractivity contribution is 7.20. The third-order valence-corrected chi connectivity index (χ3v) is 5.77. The van der Waals surface area contributed by atoms with Gasteiger partial charge in [-0.25, -0.2) is 14.8 Å². The molecule has 3 heterocycles. The summed E-state index contributed by atoms with van der Waals surface area (Å²) in [5, 5.41) is 0.991. The molecule has 0 bridgehead atoms. The van der Waals surface area contributed by atoms with Gasteiger partial charge in [-0.3, -0.25) is 0 Å². The summed E-state index contributed by atoms with van der Waals surface area (Å²) >= 11 is 1.39. The average molecular weight is 348 g/mol. The Bertz CT molecular complexity index is 744. The maximum Gasteiger partial charge on any atom is 0.348 e. The molecular formula is C17H24N4O2S. The Kier molecular flexibility index (Phi) is 5.01. The topological polar surface area (TPSA) is 58.6 Å². The molecule has 1 aliphatic heterocycles. The van der Waals surface area contributed by atoms with Crippen molar-refractivity contribution in [3.8, 4) is 0 Å². The predicted molar refractivity (Wildman–Crippen MR) is 97.0 cm³/mol. The first-order valence-corrected chi connectivity index (χ1v) is 9.17. The number of fused-ring (bicyclic) bond motifs is 1. The summed E-state index contributed by atoms with van der Waals surface area (Å²) in [7, 11) is 4.25. The molecule has 7 heteroatoms. The fourth-order valence-corrected chi connectivity index (χ4v) is 4.29. The largest absolute Gasteiger partial charge is 0.462 e. The molecule has 1 atom stereocenters. The van der Waals surface area contributed by atoms with E-state index in [-0.39, 0.29) is 5.97 Å². The number of ether oxygens (including phenoxy) is 1. The van der Waals surface area contributed by atoms with E-state index in [0.717, 1.165) is 41.1 Å². The first-order valence-electron chi connectivity index (χ1n) is 8.35. The van der Waals surface area contributed by atoms with Crippen LogP contribution in [0, 0.1) is 6.92 Å². The minimum atomic E-state index is -0.270. The molecule has 0 amide bonds. The monoisotopic (exact) mass is 348 g/mol. The molecule has 0 saturated carbocycles. The Hall–Kier alpha value is -1.73. The lowest BCUT2D eigenvalue weighted by Gasteiger charge is -2.37. The van der Waals surface area contributed by atoms with Gasteiger partial charge in [-0.15, -0.1) is 11.3 Å². The van der Waals surface area contributed by atoms with Gasteiger partial charge in [-0.05, 0) is 46.3 Å². The minimum Gasteiger partial charge on any atom is -0.462 e. The predicted octanol–water partition coefficient (Wildman–Crippen LogP) is 2.71. The molecule has 3 rings (SSSR count). The fraction of sp³-hybridized carbons (Fsp3) is 0.588. The van der Waals surface area contributed by atoms with E-state index in [1.807, 2.05) is 13.8 Å². The molecular weight excluding hydrogens is 324 g/mol. The van der Waals surface area contributed by atoms with Gasteiger partial charge in [0.25, 0.3) is 0 Å². The zero-order valence-corrected chi connectivity index (χ0v) is 15.5. The summed E-state index contributed by atoms with van der Waals surface area (Å²) in [6.45, 7) is 6.09. The van der Waals surface area contributed by atoms with Crippen molar-refractivity contribution in [3.05, 3.63) is 16.8 Å². The van der Waals surface area contributed by atoms with Gasteiger partial charge < -0.3 is 14.5 Å². The molecule has 0 radical (unpaired) electrons. The van der Waals surface area contributed by atoms with E-state index in [4.69, 9.17) is 4.74 Å². The highest BCUT2D eigenvalue weighted by Crippen LogP contribution is 2.36. The number of nitrogens with zero attached hydrogens (tertiary/aromatic N) is 4. The molecule has 1 aliphatic rings. The number of anilines is 1. The normalized spacial score (nSPS) is 18.4. The van der Waals surface area contributed by atoms with Gasteiger partial charge in [0.1, 0.15) is 21.9 Å². The van der Waals surface area contributed by atoms with E-state index in [2.05, 4.69) is 33.9 Å². The van der Waals surface area contributed by atoms with Crippen LogP contribution in [0.3, 0.4) is 0 Å². The summed E-state index contributed by atoms with van der Waals surface area (Å²) in [6.07, 6.45) is 3.94. The highest BCUT2D eigenvalue weighted by Gasteiger charge is 2.26. The van der Waals surface area contributed by atoms with Crippen LogP contribution < -0.4 is 4.90 Å². The van der Waals surface area contributed by atoms with Crippen molar-refractivity contribution in [1.29, 1.82) is 0 Å². The number of hydrogen-bond acceptors (Lipinski definition) is 7. The van der Waals surface area contributed by atoms with Crippen LogP contribution in [-0.4, -0.2) is 60.7 Å². The fourth-order valence-electron chi connectivity index (χ4n) is 3.25. The number of carbonyl (C=O) groups is 1. The zero-order valence-electron chi connectivity index (χ0n) is 14.7. The summed E-state index contributed by atoms with van der Waals surface area (Å²) in [5.74, 6) is 0.671. The molecule has 6 nitrogen and oxygen atoms in total. The minimum absolute atomic E-state index is 0.270. The number of aryl methyl sites for hydroxylation is 1. The van der Waals surface area contributed by atoms with Gasteiger partial charge in [0.15, 0.2) is 0 Å². The lowest BCUT2D eigenvalue weighted by atomic mass is 10.0. The van der Waals surface area contributed by atoms with Crippen LogP contribution in [-0.2, 0) is 4.74 Å². The molecule has 130 valence electrons. The first kappa shape index (κ1) is 17.1. The second-order valence-electron chi connectivity index (χ2n) is 6.36.